The minimum Gasteiger partial charge on any atom is -0.460 e. The number of likely N-dealkylation sites (tertiary alicyclic amines) is 1. The smallest absolute Gasteiger partial charge is 0.307 e. The molecular formula is C14H27NO2. The van der Waals surface area contributed by atoms with Gasteiger partial charge in [0.25, 0.3) is 0 Å². The zero-order chi connectivity index (χ0) is 12.9. The Morgan fingerprint density at radius 2 is 2.00 bits per heavy atom. The van der Waals surface area contributed by atoms with Gasteiger partial charge >= 0.3 is 5.97 Å². The van der Waals surface area contributed by atoms with Crippen LogP contribution in [-0.4, -0.2) is 36.1 Å². The lowest BCUT2D eigenvalue weighted by molar-refractivity contribution is -0.155. The predicted molar refractivity (Wildman–Crippen MR) is 69.9 cm³/mol. The molecule has 1 fully saturated rings. The Bertz CT molecular complexity index is 245. The van der Waals surface area contributed by atoms with Crippen LogP contribution in [0.3, 0.4) is 0 Å². The van der Waals surface area contributed by atoms with Gasteiger partial charge in [-0.15, -0.1) is 0 Å². The number of hydrogen-bond acceptors (Lipinski definition) is 3. The molecule has 0 amide bonds. The number of rotatable bonds is 3. The van der Waals surface area contributed by atoms with E-state index in [0.29, 0.717) is 6.42 Å². The van der Waals surface area contributed by atoms with Crippen molar-refractivity contribution in [2.75, 3.05) is 19.6 Å². The van der Waals surface area contributed by atoms with E-state index in [4.69, 9.17) is 4.74 Å². The third kappa shape index (κ3) is 6.67. The van der Waals surface area contributed by atoms with Crippen LogP contribution < -0.4 is 0 Å². The van der Waals surface area contributed by atoms with Gasteiger partial charge in [0.15, 0.2) is 0 Å². The molecule has 1 aliphatic heterocycles. The largest absolute Gasteiger partial charge is 0.460 e. The quantitative estimate of drug-likeness (QED) is 0.712. The molecule has 0 aromatic rings. The fourth-order valence-electron chi connectivity index (χ4n) is 2.19. The number of carbonyl (C=O) groups is 1. The monoisotopic (exact) mass is 241 g/mol. The van der Waals surface area contributed by atoms with Crippen LogP contribution in [0.4, 0.5) is 0 Å². The molecule has 3 nitrogen and oxygen atoms in total. The first-order valence-electron chi connectivity index (χ1n) is 6.81. The Labute approximate surface area is 106 Å². The molecule has 0 aromatic carbocycles. The van der Waals surface area contributed by atoms with Crippen LogP contribution in [0.5, 0.6) is 0 Å². The van der Waals surface area contributed by atoms with Gasteiger partial charge in [-0.1, -0.05) is 6.92 Å². The highest BCUT2D eigenvalue weighted by Gasteiger charge is 2.18. The average molecular weight is 241 g/mol. The number of carbonyl (C=O) groups excluding carboxylic acids is 1. The van der Waals surface area contributed by atoms with Crippen LogP contribution >= 0.6 is 0 Å². The Balaban J connectivity index is 2.23. The van der Waals surface area contributed by atoms with Crippen LogP contribution in [0.1, 0.15) is 53.4 Å². The van der Waals surface area contributed by atoms with Crippen LogP contribution in [-0.2, 0) is 9.53 Å². The summed E-state index contributed by atoms with van der Waals surface area (Å²) in [5, 5.41) is 0. The summed E-state index contributed by atoms with van der Waals surface area (Å²) < 4.78 is 5.32. The molecule has 1 unspecified atom stereocenters. The Morgan fingerprint density at radius 3 is 2.65 bits per heavy atom. The highest BCUT2D eigenvalue weighted by Crippen LogP contribution is 2.16. The summed E-state index contributed by atoms with van der Waals surface area (Å²) in [6, 6.07) is 0. The molecule has 1 saturated heterocycles. The number of ether oxygens (including phenoxy) is 1. The molecule has 0 N–H and O–H groups in total. The number of nitrogens with zero attached hydrogens (tertiary/aromatic N) is 1. The first kappa shape index (κ1) is 14.5. The molecule has 1 heterocycles. The summed E-state index contributed by atoms with van der Waals surface area (Å²) in [6.07, 6.45) is 4.36. The molecule has 17 heavy (non-hydrogen) atoms. The maximum Gasteiger partial charge on any atom is 0.307 e. The molecule has 0 spiro atoms. The van der Waals surface area contributed by atoms with Gasteiger partial charge in [-0.25, -0.2) is 0 Å². The summed E-state index contributed by atoms with van der Waals surface area (Å²) in [4.78, 5) is 14.0. The lowest BCUT2D eigenvalue weighted by Crippen LogP contribution is -2.30. The molecule has 0 radical (unpaired) electrons. The molecular weight excluding hydrogens is 214 g/mol. The van der Waals surface area contributed by atoms with E-state index >= 15 is 0 Å². The van der Waals surface area contributed by atoms with Crippen molar-refractivity contribution in [1.82, 2.24) is 4.90 Å². The van der Waals surface area contributed by atoms with Crippen LogP contribution in [0.25, 0.3) is 0 Å². The highest BCUT2D eigenvalue weighted by molar-refractivity contribution is 5.70. The van der Waals surface area contributed by atoms with Gasteiger partial charge in [-0.3, -0.25) is 4.79 Å². The lowest BCUT2D eigenvalue weighted by Gasteiger charge is -2.22. The van der Waals surface area contributed by atoms with Crippen molar-refractivity contribution >= 4 is 5.97 Å². The molecule has 100 valence electrons. The van der Waals surface area contributed by atoms with Crippen molar-refractivity contribution in [3.8, 4) is 0 Å². The van der Waals surface area contributed by atoms with Gasteiger partial charge in [0, 0.05) is 6.54 Å². The van der Waals surface area contributed by atoms with Crippen molar-refractivity contribution < 1.29 is 9.53 Å². The topological polar surface area (TPSA) is 29.5 Å². The van der Waals surface area contributed by atoms with E-state index < -0.39 is 0 Å². The first-order valence-corrected chi connectivity index (χ1v) is 6.81. The minimum absolute atomic E-state index is 0.0743. The van der Waals surface area contributed by atoms with Crippen molar-refractivity contribution in [2.24, 2.45) is 5.92 Å². The molecule has 1 atom stereocenters. The summed E-state index contributed by atoms with van der Waals surface area (Å²) in [7, 11) is 0. The van der Waals surface area contributed by atoms with E-state index in [1.807, 2.05) is 20.8 Å². The minimum atomic E-state index is -0.357. The van der Waals surface area contributed by atoms with E-state index in [1.54, 1.807) is 0 Å². The van der Waals surface area contributed by atoms with Crippen LogP contribution in [0, 0.1) is 5.92 Å². The molecule has 0 aromatic heterocycles. The SMILES string of the molecule is CC1CCCN(CCC(=O)OC(C)(C)C)CC1. The molecule has 1 aliphatic rings. The van der Waals surface area contributed by atoms with E-state index in [0.717, 1.165) is 25.6 Å². The zero-order valence-corrected chi connectivity index (χ0v) is 11.8. The van der Waals surface area contributed by atoms with Crippen LogP contribution in [0.2, 0.25) is 0 Å². The summed E-state index contributed by atoms with van der Waals surface area (Å²) >= 11 is 0. The van der Waals surface area contributed by atoms with Gasteiger partial charge in [0.2, 0.25) is 0 Å². The van der Waals surface area contributed by atoms with E-state index in [1.165, 1.54) is 19.3 Å². The van der Waals surface area contributed by atoms with E-state index in [2.05, 4.69) is 11.8 Å². The van der Waals surface area contributed by atoms with Gasteiger partial charge in [0.1, 0.15) is 5.60 Å². The van der Waals surface area contributed by atoms with Crippen molar-refractivity contribution in [1.29, 1.82) is 0 Å². The second-order valence-corrected chi connectivity index (χ2v) is 6.21. The first-order chi connectivity index (χ1) is 7.87. The maximum atomic E-state index is 11.6. The molecule has 3 heteroatoms. The molecule has 0 saturated carbocycles. The maximum absolute atomic E-state index is 11.6. The fraction of sp³-hybridized carbons (Fsp3) is 0.929. The van der Waals surface area contributed by atoms with Crippen molar-refractivity contribution in [3.05, 3.63) is 0 Å². The third-order valence-electron chi connectivity index (χ3n) is 3.16. The average Bonchev–Trinajstić information content (AvgIpc) is 2.37. The van der Waals surface area contributed by atoms with E-state index in [9.17, 15) is 4.79 Å². The Morgan fingerprint density at radius 1 is 1.29 bits per heavy atom. The second kappa shape index (κ2) is 6.39. The molecule has 0 bridgehead atoms. The number of esters is 1. The highest BCUT2D eigenvalue weighted by atomic mass is 16.6. The predicted octanol–water partition coefficient (Wildman–Crippen LogP) is 2.84. The summed E-state index contributed by atoms with van der Waals surface area (Å²) in [5.74, 6) is 0.760. The van der Waals surface area contributed by atoms with Gasteiger partial charge in [-0.05, 0) is 59.0 Å². The normalized spacial score (nSPS) is 23.2. The Kier molecular flexibility index (Phi) is 5.44. The van der Waals surface area contributed by atoms with Crippen molar-refractivity contribution in [2.45, 2.75) is 59.0 Å². The van der Waals surface area contributed by atoms with Crippen molar-refractivity contribution in [3.63, 3.8) is 0 Å². The standard InChI is InChI=1S/C14H27NO2/c1-12-6-5-9-15(10-7-12)11-8-13(16)17-14(2,3)4/h12H,5-11H2,1-4H3. The summed E-state index contributed by atoms with van der Waals surface area (Å²) in [5.41, 5.74) is -0.357. The molecule has 1 rings (SSSR count). The lowest BCUT2D eigenvalue weighted by atomic mass is 10.0. The van der Waals surface area contributed by atoms with Gasteiger partial charge in [0.05, 0.1) is 6.42 Å². The van der Waals surface area contributed by atoms with Crippen LogP contribution in [0.15, 0.2) is 0 Å². The Hall–Kier alpha value is -0.570. The second-order valence-electron chi connectivity index (χ2n) is 6.21. The summed E-state index contributed by atoms with van der Waals surface area (Å²) in [6.45, 7) is 11.2. The zero-order valence-electron chi connectivity index (χ0n) is 11.8. The van der Waals surface area contributed by atoms with Gasteiger partial charge < -0.3 is 9.64 Å². The molecule has 0 aliphatic carbocycles. The van der Waals surface area contributed by atoms with E-state index in [-0.39, 0.29) is 11.6 Å². The fourth-order valence-corrected chi connectivity index (χ4v) is 2.19. The van der Waals surface area contributed by atoms with Gasteiger partial charge in [-0.2, -0.15) is 0 Å². The number of hydrogen-bond donors (Lipinski definition) is 0. The third-order valence-corrected chi connectivity index (χ3v) is 3.16.